The summed E-state index contributed by atoms with van der Waals surface area (Å²) in [6, 6.07) is 0.472. The van der Waals surface area contributed by atoms with E-state index in [4.69, 9.17) is 10.5 Å². The van der Waals surface area contributed by atoms with Gasteiger partial charge in [-0.05, 0) is 63.3 Å². The summed E-state index contributed by atoms with van der Waals surface area (Å²) < 4.78 is 5.69. The Morgan fingerprint density at radius 1 is 1.33 bits per heavy atom. The predicted octanol–water partition coefficient (Wildman–Crippen LogP) is 1.86. The van der Waals surface area contributed by atoms with Crippen LogP contribution in [0.4, 0.5) is 0 Å². The van der Waals surface area contributed by atoms with Gasteiger partial charge in [0.2, 0.25) is 0 Å². The molecular formula is C15H28N2O. The van der Waals surface area contributed by atoms with Crippen molar-refractivity contribution in [3.63, 3.8) is 0 Å². The second kappa shape index (κ2) is 4.77. The first kappa shape index (κ1) is 12.9. The number of nitrogens with zero attached hydrogens (tertiary/aromatic N) is 1. The Bertz CT molecular complexity index is 307. The lowest BCUT2D eigenvalue weighted by Gasteiger charge is -2.42. The number of fused-ring (bicyclic) bond motifs is 2. The topological polar surface area (TPSA) is 38.5 Å². The van der Waals surface area contributed by atoms with E-state index in [2.05, 4.69) is 11.8 Å². The van der Waals surface area contributed by atoms with Crippen molar-refractivity contribution < 1.29 is 4.74 Å². The van der Waals surface area contributed by atoms with Gasteiger partial charge >= 0.3 is 0 Å². The molecule has 3 fully saturated rings. The van der Waals surface area contributed by atoms with Crippen molar-refractivity contribution in [1.29, 1.82) is 0 Å². The molecule has 5 unspecified atom stereocenters. The van der Waals surface area contributed by atoms with Crippen molar-refractivity contribution in [2.75, 3.05) is 26.7 Å². The van der Waals surface area contributed by atoms with Crippen LogP contribution in [-0.2, 0) is 4.74 Å². The highest BCUT2D eigenvalue weighted by molar-refractivity contribution is 5.00. The minimum absolute atomic E-state index is 0.0694. The van der Waals surface area contributed by atoms with Crippen LogP contribution in [0, 0.1) is 17.8 Å². The summed E-state index contributed by atoms with van der Waals surface area (Å²) in [4.78, 5) is 2.61. The third kappa shape index (κ3) is 2.21. The summed E-state index contributed by atoms with van der Waals surface area (Å²) in [6.07, 6.45) is 6.68. The zero-order valence-corrected chi connectivity index (χ0v) is 11.9. The van der Waals surface area contributed by atoms with Crippen molar-refractivity contribution in [1.82, 2.24) is 4.90 Å². The minimum atomic E-state index is 0.0694. The summed E-state index contributed by atoms with van der Waals surface area (Å²) in [6.45, 7) is 5.78. The first-order valence-corrected chi connectivity index (χ1v) is 7.64. The molecule has 3 heteroatoms. The number of rotatable bonds is 3. The number of piperidine rings is 1. The van der Waals surface area contributed by atoms with Gasteiger partial charge < -0.3 is 15.4 Å². The van der Waals surface area contributed by atoms with Gasteiger partial charge in [0.15, 0.2) is 0 Å². The van der Waals surface area contributed by atoms with Crippen LogP contribution in [0.2, 0.25) is 0 Å². The maximum absolute atomic E-state index is 6.42. The van der Waals surface area contributed by atoms with Gasteiger partial charge in [-0.3, -0.25) is 0 Å². The molecule has 0 spiro atoms. The molecule has 1 heterocycles. The van der Waals surface area contributed by atoms with E-state index in [0.717, 1.165) is 24.3 Å². The number of likely N-dealkylation sites (tertiary alicyclic amines) is 1. The van der Waals surface area contributed by atoms with E-state index in [1.54, 1.807) is 0 Å². The number of hydrogen-bond acceptors (Lipinski definition) is 3. The molecule has 2 N–H and O–H groups in total. The Balaban J connectivity index is 1.60. The molecule has 0 aromatic rings. The summed E-state index contributed by atoms with van der Waals surface area (Å²) in [5.41, 5.74) is 6.49. The Kier molecular flexibility index (Phi) is 3.41. The van der Waals surface area contributed by atoms with Gasteiger partial charge in [-0.1, -0.05) is 0 Å². The fourth-order valence-corrected chi connectivity index (χ4v) is 4.65. The van der Waals surface area contributed by atoms with E-state index in [-0.39, 0.29) is 5.60 Å². The molecule has 0 aromatic carbocycles. The third-order valence-corrected chi connectivity index (χ3v) is 5.86. The smallest absolute Gasteiger partial charge is 0.0777 e. The van der Waals surface area contributed by atoms with Crippen LogP contribution in [0.5, 0.6) is 0 Å². The average Bonchev–Trinajstić information content (AvgIpc) is 2.93. The highest BCUT2D eigenvalue weighted by Gasteiger charge is 2.46. The fourth-order valence-electron chi connectivity index (χ4n) is 4.65. The van der Waals surface area contributed by atoms with E-state index in [0.29, 0.717) is 6.04 Å². The second-order valence-corrected chi connectivity index (χ2v) is 7.07. The number of nitrogens with two attached hydrogens (primary N) is 1. The molecule has 3 rings (SSSR count). The summed E-state index contributed by atoms with van der Waals surface area (Å²) in [5, 5.41) is 0. The number of methoxy groups -OCH3 is 1. The SMILES string of the molecule is COC1(C)CCCN(CC2C3CCC(C3)C2N)C1. The Morgan fingerprint density at radius 2 is 2.11 bits per heavy atom. The molecule has 2 aliphatic carbocycles. The lowest BCUT2D eigenvalue weighted by molar-refractivity contribution is -0.0557. The van der Waals surface area contributed by atoms with E-state index in [1.807, 2.05) is 7.11 Å². The first-order valence-electron chi connectivity index (χ1n) is 7.64. The number of ether oxygens (including phenoxy) is 1. The van der Waals surface area contributed by atoms with Crippen LogP contribution in [-0.4, -0.2) is 43.3 Å². The normalized spacial score (nSPS) is 48.8. The van der Waals surface area contributed by atoms with Crippen LogP contribution >= 0.6 is 0 Å². The molecular weight excluding hydrogens is 224 g/mol. The lowest BCUT2D eigenvalue weighted by atomic mass is 9.83. The zero-order chi connectivity index (χ0) is 12.8. The van der Waals surface area contributed by atoms with Crippen molar-refractivity contribution in [2.24, 2.45) is 23.5 Å². The van der Waals surface area contributed by atoms with Gasteiger partial charge in [-0.2, -0.15) is 0 Å². The first-order chi connectivity index (χ1) is 8.61. The van der Waals surface area contributed by atoms with Crippen LogP contribution in [0.1, 0.15) is 39.0 Å². The molecule has 3 nitrogen and oxygen atoms in total. The molecule has 5 atom stereocenters. The van der Waals surface area contributed by atoms with E-state index >= 15 is 0 Å². The van der Waals surface area contributed by atoms with Crippen LogP contribution in [0.3, 0.4) is 0 Å². The van der Waals surface area contributed by atoms with Gasteiger partial charge in [0, 0.05) is 26.2 Å². The number of hydrogen-bond donors (Lipinski definition) is 1. The van der Waals surface area contributed by atoms with Gasteiger partial charge in [-0.25, -0.2) is 0 Å². The average molecular weight is 252 g/mol. The van der Waals surface area contributed by atoms with Crippen molar-refractivity contribution in [3.8, 4) is 0 Å². The molecule has 3 aliphatic rings. The van der Waals surface area contributed by atoms with Gasteiger partial charge in [0.1, 0.15) is 0 Å². The summed E-state index contributed by atoms with van der Waals surface area (Å²) >= 11 is 0. The molecule has 0 aromatic heterocycles. The van der Waals surface area contributed by atoms with Crippen LogP contribution in [0.25, 0.3) is 0 Å². The molecule has 1 saturated heterocycles. The standard InChI is InChI=1S/C15H28N2O/c1-15(18-2)6-3-7-17(10-15)9-13-11-4-5-12(8-11)14(13)16/h11-14H,3-10,16H2,1-2H3. The highest BCUT2D eigenvalue weighted by Crippen LogP contribution is 2.48. The van der Waals surface area contributed by atoms with Crippen molar-refractivity contribution in [3.05, 3.63) is 0 Å². The molecule has 1 aliphatic heterocycles. The predicted molar refractivity (Wildman–Crippen MR) is 73.4 cm³/mol. The fraction of sp³-hybridized carbons (Fsp3) is 1.00. The quantitative estimate of drug-likeness (QED) is 0.833. The van der Waals surface area contributed by atoms with E-state index in [1.165, 1.54) is 45.2 Å². The maximum Gasteiger partial charge on any atom is 0.0777 e. The Morgan fingerprint density at radius 3 is 2.78 bits per heavy atom. The summed E-state index contributed by atoms with van der Waals surface area (Å²) in [7, 11) is 1.85. The van der Waals surface area contributed by atoms with Crippen molar-refractivity contribution in [2.45, 2.75) is 50.7 Å². The molecule has 18 heavy (non-hydrogen) atoms. The third-order valence-electron chi connectivity index (χ3n) is 5.86. The van der Waals surface area contributed by atoms with Crippen LogP contribution < -0.4 is 5.73 Å². The maximum atomic E-state index is 6.42. The summed E-state index contributed by atoms with van der Waals surface area (Å²) in [5.74, 6) is 2.50. The molecule has 0 radical (unpaired) electrons. The van der Waals surface area contributed by atoms with E-state index in [9.17, 15) is 0 Å². The minimum Gasteiger partial charge on any atom is -0.377 e. The van der Waals surface area contributed by atoms with Gasteiger partial charge in [0.25, 0.3) is 0 Å². The van der Waals surface area contributed by atoms with Crippen LogP contribution in [0.15, 0.2) is 0 Å². The van der Waals surface area contributed by atoms with E-state index < -0.39 is 0 Å². The molecule has 2 bridgehead atoms. The Labute approximate surface area is 111 Å². The monoisotopic (exact) mass is 252 g/mol. The second-order valence-electron chi connectivity index (χ2n) is 7.07. The largest absolute Gasteiger partial charge is 0.377 e. The highest BCUT2D eigenvalue weighted by atomic mass is 16.5. The zero-order valence-electron chi connectivity index (χ0n) is 11.9. The molecule has 0 amide bonds. The Hall–Kier alpha value is -0.120. The molecule has 2 saturated carbocycles. The van der Waals surface area contributed by atoms with Crippen molar-refractivity contribution >= 4 is 0 Å². The van der Waals surface area contributed by atoms with Gasteiger partial charge in [-0.15, -0.1) is 0 Å². The van der Waals surface area contributed by atoms with Gasteiger partial charge in [0.05, 0.1) is 5.60 Å². The molecule has 104 valence electrons. The lowest BCUT2D eigenvalue weighted by Crippen LogP contribution is -2.51.